The maximum atomic E-state index is 11.8. The molecule has 1 rings (SSSR count). The van der Waals surface area contributed by atoms with Crippen molar-refractivity contribution in [3.63, 3.8) is 0 Å². The van der Waals surface area contributed by atoms with Crippen LogP contribution in [0.3, 0.4) is 0 Å². The molecule has 0 aliphatic rings. The second-order valence-corrected chi connectivity index (χ2v) is 3.97. The van der Waals surface area contributed by atoms with Crippen LogP contribution < -0.4 is 5.73 Å². The maximum absolute atomic E-state index is 11.8. The van der Waals surface area contributed by atoms with Crippen LogP contribution in [0.2, 0.25) is 0 Å². The number of hydrogen-bond acceptors (Lipinski definition) is 2. The Morgan fingerprint density at radius 1 is 1.29 bits per heavy atom. The van der Waals surface area contributed by atoms with E-state index in [2.05, 4.69) is 13.8 Å². The molecule has 0 heterocycles. The fourth-order valence-corrected chi connectivity index (χ4v) is 1.43. The van der Waals surface area contributed by atoms with Gasteiger partial charge in [0.05, 0.1) is 6.04 Å². The van der Waals surface area contributed by atoms with Crippen LogP contribution in [0.1, 0.15) is 30.6 Å². The molecule has 0 aromatic heterocycles. The predicted octanol–water partition coefficient (Wildman–Crippen LogP) is 2.24. The molecule has 76 valence electrons. The largest absolute Gasteiger partial charge is 0.321 e. The van der Waals surface area contributed by atoms with E-state index in [9.17, 15) is 4.79 Å². The Kier molecular flexibility index (Phi) is 3.84. The molecular weight excluding hydrogens is 174 g/mol. The zero-order chi connectivity index (χ0) is 10.6. The van der Waals surface area contributed by atoms with Gasteiger partial charge in [-0.2, -0.15) is 0 Å². The van der Waals surface area contributed by atoms with Gasteiger partial charge >= 0.3 is 0 Å². The summed E-state index contributed by atoms with van der Waals surface area (Å²) in [6.45, 7) is 4.14. The first-order valence-corrected chi connectivity index (χ1v) is 4.96. The summed E-state index contributed by atoms with van der Waals surface area (Å²) in [7, 11) is 0. The van der Waals surface area contributed by atoms with Gasteiger partial charge in [-0.25, -0.2) is 0 Å². The highest BCUT2D eigenvalue weighted by molar-refractivity contribution is 5.99. The minimum atomic E-state index is -0.364. The van der Waals surface area contributed by atoms with Crippen molar-refractivity contribution in [2.45, 2.75) is 26.3 Å². The predicted molar refractivity (Wildman–Crippen MR) is 58.2 cm³/mol. The van der Waals surface area contributed by atoms with Gasteiger partial charge in [0.25, 0.3) is 0 Å². The van der Waals surface area contributed by atoms with Crippen molar-refractivity contribution in [2.24, 2.45) is 11.7 Å². The van der Waals surface area contributed by atoms with Crippen molar-refractivity contribution in [1.82, 2.24) is 0 Å². The van der Waals surface area contributed by atoms with E-state index in [0.717, 1.165) is 6.42 Å². The number of rotatable bonds is 4. The quantitative estimate of drug-likeness (QED) is 0.742. The zero-order valence-corrected chi connectivity index (χ0v) is 8.73. The average Bonchev–Trinajstić information content (AvgIpc) is 2.17. The summed E-state index contributed by atoms with van der Waals surface area (Å²) in [4.78, 5) is 11.8. The van der Waals surface area contributed by atoms with Crippen LogP contribution >= 0.6 is 0 Å². The highest BCUT2D eigenvalue weighted by Crippen LogP contribution is 2.09. The molecular formula is C12H17NO. The van der Waals surface area contributed by atoms with E-state index < -0.39 is 0 Å². The Hall–Kier alpha value is -1.15. The third-order valence-corrected chi connectivity index (χ3v) is 2.12. The number of carbonyl (C=O) groups is 1. The van der Waals surface area contributed by atoms with Crippen LogP contribution in [0.15, 0.2) is 30.3 Å². The zero-order valence-electron chi connectivity index (χ0n) is 8.73. The van der Waals surface area contributed by atoms with E-state index in [1.54, 1.807) is 0 Å². The van der Waals surface area contributed by atoms with Gasteiger partial charge in [0, 0.05) is 5.56 Å². The Bertz CT molecular complexity index is 292. The molecule has 0 spiro atoms. The third-order valence-electron chi connectivity index (χ3n) is 2.12. The Morgan fingerprint density at radius 2 is 1.86 bits per heavy atom. The molecule has 0 aliphatic heterocycles. The van der Waals surface area contributed by atoms with Gasteiger partial charge in [0.15, 0.2) is 5.78 Å². The molecule has 0 bridgehead atoms. The summed E-state index contributed by atoms with van der Waals surface area (Å²) in [6, 6.07) is 8.86. The standard InChI is InChI=1S/C12H17NO/c1-9(2)8-11(13)12(14)10-6-4-3-5-7-10/h3-7,9,11H,8,13H2,1-2H3/t11-/m0/s1. The van der Waals surface area contributed by atoms with Crippen molar-refractivity contribution in [1.29, 1.82) is 0 Å². The molecule has 0 amide bonds. The minimum absolute atomic E-state index is 0.0410. The summed E-state index contributed by atoms with van der Waals surface area (Å²) >= 11 is 0. The van der Waals surface area contributed by atoms with Crippen LogP contribution in [0.4, 0.5) is 0 Å². The molecule has 0 saturated heterocycles. The van der Waals surface area contributed by atoms with Crippen LogP contribution in [-0.2, 0) is 0 Å². The molecule has 2 N–H and O–H groups in total. The number of carbonyl (C=O) groups excluding carboxylic acids is 1. The Labute approximate surface area is 85.1 Å². The van der Waals surface area contributed by atoms with Crippen molar-refractivity contribution >= 4 is 5.78 Å². The van der Waals surface area contributed by atoms with Crippen molar-refractivity contribution in [3.8, 4) is 0 Å². The van der Waals surface area contributed by atoms with Crippen LogP contribution in [-0.4, -0.2) is 11.8 Å². The van der Waals surface area contributed by atoms with Gasteiger partial charge in [0.1, 0.15) is 0 Å². The molecule has 0 saturated carbocycles. The van der Waals surface area contributed by atoms with E-state index in [1.807, 2.05) is 30.3 Å². The Balaban J connectivity index is 2.66. The molecule has 1 atom stereocenters. The van der Waals surface area contributed by atoms with Crippen molar-refractivity contribution in [2.75, 3.05) is 0 Å². The maximum Gasteiger partial charge on any atom is 0.179 e. The lowest BCUT2D eigenvalue weighted by Gasteiger charge is -2.12. The van der Waals surface area contributed by atoms with Gasteiger partial charge in [-0.1, -0.05) is 44.2 Å². The Morgan fingerprint density at radius 3 is 2.36 bits per heavy atom. The smallest absolute Gasteiger partial charge is 0.179 e. The minimum Gasteiger partial charge on any atom is -0.321 e. The monoisotopic (exact) mass is 191 g/mol. The first-order chi connectivity index (χ1) is 6.61. The highest BCUT2D eigenvalue weighted by atomic mass is 16.1. The lowest BCUT2D eigenvalue weighted by Crippen LogP contribution is -2.31. The molecule has 1 aromatic carbocycles. The second kappa shape index (κ2) is 4.91. The normalized spacial score (nSPS) is 12.9. The van der Waals surface area contributed by atoms with E-state index in [0.29, 0.717) is 11.5 Å². The first kappa shape index (κ1) is 10.9. The van der Waals surface area contributed by atoms with E-state index in [4.69, 9.17) is 5.73 Å². The topological polar surface area (TPSA) is 43.1 Å². The molecule has 2 heteroatoms. The number of benzene rings is 1. The van der Waals surface area contributed by atoms with Gasteiger partial charge < -0.3 is 5.73 Å². The molecule has 1 aromatic rings. The SMILES string of the molecule is CC(C)C[C@H](N)C(=O)c1ccccc1. The number of Topliss-reactive ketones (excluding diaryl/α,β-unsaturated/α-hetero) is 1. The number of ketones is 1. The highest BCUT2D eigenvalue weighted by Gasteiger charge is 2.16. The van der Waals surface area contributed by atoms with E-state index >= 15 is 0 Å². The molecule has 2 nitrogen and oxygen atoms in total. The third kappa shape index (κ3) is 2.96. The number of hydrogen-bond donors (Lipinski definition) is 1. The molecule has 0 radical (unpaired) electrons. The summed E-state index contributed by atoms with van der Waals surface area (Å²) < 4.78 is 0. The van der Waals surface area contributed by atoms with E-state index in [1.165, 1.54) is 0 Å². The van der Waals surface area contributed by atoms with Crippen molar-refractivity contribution in [3.05, 3.63) is 35.9 Å². The molecule has 14 heavy (non-hydrogen) atoms. The second-order valence-electron chi connectivity index (χ2n) is 3.97. The average molecular weight is 191 g/mol. The van der Waals surface area contributed by atoms with Gasteiger partial charge in [-0.15, -0.1) is 0 Å². The van der Waals surface area contributed by atoms with Crippen LogP contribution in [0, 0.1) is 5.92 Å². The van der Waals surface area contributed by atoms with Gasteiger partial charge in [-0.3, -0.25) is 4.79 Å². The van der Waals surface area contributed by atoms with Gasteiger partial charge in [0.2, 0.25) is 0 Å². The van der Waals surface area contributed by atoms with E-state index in [-0.39, 0.29) is 11.8 Å². The molecule has 0 aliphatic carbocycles. The summed E-state index contributed by atoms with van der Waals surface area (Å²) in [5, 5.41) is 0. The van der Waals surface area contributed by atoms with Crippen molar-refractivity contribution < 1.29 is 4.79 Å². The summed E-state index contributed by atoms with van der Waals surface area (Å²) in [5.41, 5.74) is 6.51. The lowest BCUT2D eigenvalue weighted by atomic mass is 9.97. The summed E-state index contributed by atoms with van der Waals surface area (Å²) in [6.07, 6.45) is 0.744. The first-order valence-electron chi connectivity index (χ1n) is 4.96. The fourth-order valence-electron chi connectivity index (χ4n) is 1.43. The van der Waals surface area contributed by atoms with Crippen LogP contribution in [0.25, 0.3) is 0 Å². The molecule has 0 unspecified atom stereocenters. The fraction of sp³-hybridized carbons (Fsp3) is 0.417. The van der Waals surface area contributed by atoms with Gasteiger partial charge in [-0.05, 0) is 12.3 Å². The molecule has 0 fully saturated rings. The van der Waals surface area contributed by atoms with Crippen LogP contribution in [0.5, 0.6) is 0 Å². The number of nitrogens with two attached hydrogens (primary N) is 1. The lowest BCUT2D eigenvalue weighted by molar-refractivity contribution is 0.0951. The summed E-state index contributed by atoms with van der Waals surface area (Å²) in [5.74, 6) is 0.497.